The fraction of sp³-hybridized carbons (Fsp3) is 0.796. The Morgan fingerprint density at radius 1 is 0.300 bits per heavy atom. The topological polar surface area (TPSA) is 148 Å². The predicted octanol–water partition coefficient (Wildman–Crippen LogP) is 30.4. The van der Waals surface area contributed by atoms with Crippen LogP contribution in [0.2, 0.25) is 0 Å². The van der Waals surface area contributed by atoms with Gasteiger partial charge in [0.2, 0.25) is 11.5 Å². The molecule has 4 rings (SSSR count). The number of ether oxygens (including phenoxy) is 8. The number of unbranched alkanes of at least 4 members (excludes halogenated alkanes) is 54. The highest BCUT2D eigenvalue weighted by Gasteiger charge is 2.43. The van der Waals surface area contributed by atoms with Crippen LogP contribution < -0.4 is 28.4 Å². The number of rotatable bonds is 79. The van der Waals surface area contributed by atoms with Gasteiger partial charge in [-0.25, -0.2) is 9.59 Å². The van der Waals surface area contributed by atoms with E-state index in [1.807, 2.05) is 30.3 Å². The van der Waals surface area contributed by atoms with Crippen LogP contribution in [-0.4, -0.2) is 75.0 Å². The third-order valence-corrected chi connectivity index (χ3v) is 22.8. The first-order chi connectivity index (χ1) is 54.2. The molecular formula is C98H168O12. The van der Waals surface area contributed by atoms with E-state index in [0.717, 1.165) is 121 Å². The summed E-state index contributed by atoms with van der Waals surface area (Å²) in [5, 5.41) is 23.6. The van der Waals surface area contributed by atoms with Gasteiger partial charge in [0.05, 0.1) is 64.0 Å². The molecule has 3 aromatic carbocycles. The van der Waals surface area contributed by atoms with Gasteiger partial charge in [-0.15, -0.1) is 0 Å². The zero-order valence-electron chi connectivity index (χ0n) is 72.1. The summed E-state index contributed by atoms with van der Waals surface area (Å²) in [6.07, 6.45) is 70.2. The van der Waals surface area contributed by atoms with Gasteiger partial charge < -0.3 is 48.1 Å². The largest absolute Gasteiger partial charge is 0.490 e. The molecule has 0 aliphatic carbocycles. The second kappa shape index (κ2) is 67.6. The molecule has 12 heteroatoms. The minimum Gasteiger partial charge on any atom is -0.490 e. The molecule has 1 fully saturated rings. The number of carboxylic acids is 2. The summed E-state index contributed by atoms with van der Waals surface area (Å²) in [5.41, 5.74) is 0.796. The molecule has 1 saturated heterocycles. The van der Waals surface area contributed by atoms with Crippen molar-refractivity contribution in [1.82, 2.24) is 0 Å². The maximum absolute atomic E-state index is 14.4. The lowest BCUT2D eigenvalue weighted by Crippen LogP contribution is -2.43. The molecule has 1 aliphatic heterocycles. The first-order valence-electron chi connectivity index (χ1n) is 47.1. The number of benzene rings is 3. The number of aromatic carboxylic acids is 2. The normalized spacial score (nSPS) is 13.0. The van der Waals surface area contributed by atoms with Crippen molar-refractivity contribution in [2.45, 2.75) is 446 Å². The van der Waals surface area contributed by atoms with E-state index in [2.05, 4.69) is 41.5 Å². The number of hydrogen-bond donors (Lipinski definition) is 2. The zero-order chi connectivity index (χ0) is 78.7. The Balaban J connectivity index is 1.92. The minimum absolute atomic E-state index is 0.0594. The Labute approximate surface area is 675 Å². The molecule has 0 saturated carbocycles. The quantitative estimate of drug-likeness (QED) is 0.0518. The van der Waals surface area contributed by atoms with Crippen molar-refractivity contribution in [2.24, 2.45) is 5.41 Å². The summed E-state index contributed by atoms with van der Waals surface area (Å²) in [6, 6.07) is 13.3. The van der Waals surface area contributed by atoms with Crippen molar-refractivity contribution < 1.29 is 57.7 Å². The first-order valence-corrected chi connectivity index (χ1v) is 47.1. The molecule has 0 bridgehead atoms. The highest BCUT2D eigenvalue weighted by molar-refractivity contribution is 5.93. The average molecular weight is 1540 g/mol. The monoisotopic (exact) mass is 1540 g/mol. The van der Waals surface area contributed by atoms with Gasteiger partial charge in [-0.2, -0.15) is 0 Å². The van der Waals surface area contributed by atoms with Crippen molar-refractivity contribution in [3.05, 3.63) is 70.3 Å². The summed E-state index contributed by atoms with van der Waals surface area (Å²) in [5.74, 6) is 0.182. The van der Waals surface area contributed by atoms with Gasteiger partial charge in [0.25, 0.3) is 0 Å². The lowest BCUT2D eigenvalue weighted by Gasteiger charge is -2.41. The average Bonchev–Trinajstić information content (AvgIpc) is 0.755. The van der Waals surface area contributed by atoms with Crippen molar-refractivity contribution in [3.8, 4) is 34.5 Å². The van der Waals surface area contributed by atoms with Crippen molar-refractivity contribution in [2.75, 3.05) is 52.9 Å². The number of carboxylic acid groups (broad SMARTS) is 2. The summed E-state index contributed by atoms with van der Waals surface area (Å²) in [6.45, 7) is 16.2. The predicted molar refractivity (Wildman–Crippen MR) is 462 cm³/mol. The number of carbonyl (C=O) groups is 2. The maximum atomic E-state index is 14.4. The molecule has 110 heavy (non-hydrogen) atoms. The van der Waals surface area contributed by atoms with Crippen LogP contribution in [0.25, 0.3) is 0 Å². The molecule has 0 radical (unpaired) electrons. The molecule has 0 unspecified atom stereocenters. The van der Waals surface area contributed by atoms with Crippen LogP contribution in [0.15, 0.2) is 42.5 Å². The standard InChI is InChI=1S/C98H168O12/c1-7-13-19-25-31-37-43-49-55-64-72-103-89-78-85(95(99)100)87(91(105-74-66-57-51-45-39-33-27-21-15-9-3)93(89)107-76-68-59-53-47-41-35-29-23-17-11-5)80-98(82-109-97(110-83-98)84-70-62-61-63-71-84)81-88-86(96(101)102)79-90(104-73-65-56-50-44-38-32-26-20-14-8-2)94(108-77-69-60-54-48-42-36-30-24-18-12-6)92(88)106-75-67-58-52-46-40-34-28-22-16-10-4/h61-63,70-71,78-79,97H,7-60,64-69,72-77,80-83H2,1-6H3,(H,99,100)(H,101,102). The summed E-state index contributed by atoms with van der Waals surface area (Å²) in [4.78, 5) is 28.9. The SMILES string of the molecule is CCCCCCCCCCCCOc1cc(C(=O)O)c(CC2(Cc3c(C(=O)O)cc(OCCCCCCCCCCCC)c(OCCCCCCCCCCCC)c3OCCCCCCCCCCCC)COC(c3ccccc3)OC2)c(OCCCCCCCCCCCC)c1OCCCCCCCCCCCC. The van der Waals surface area contributed by atoms with Crippen LogP contribution >= 0.6 is 0 Å². The summed E-state index contributed by atoms with van der Waals surface area (Å²) < 4.78 is 56.1. The van der Waals surface area contributed by atoms with Gasteiger partial charge in [0.1, 0.15) is 0 Å². The lowest BCUT2D eigenvalue weighted by molar-refractivity contribution is -0.234. The van der Waals surface area contributed by atoms with Crippen LogP contribution in [0.1, 0.15) is 470 Å². The van der Waals surface area contributed by atoms with E-state index < -0.39 is 23.6 Å². The van der Waals surface area contributed by atoms with Crippen LogP contribution in [0, 0.1) is 5.41 Å². The number of hydrogen-bond acceptors (Lipinski definition) is 10. The van der Waals surface area contributed by atoms with E-state index in [9.17, 15) is 19.8 Å². The van der Waals surface area contributed by atoms with Gasteiger partial charge in [-0.1, -0.05) is 419 Å². The molecule has 2 N–H and O–H groups in total. The first kappa shape index (κ1) is 97.7. The Bertz CT molecular complexity index is 2500. The van der Waals surface area contributed by atoms with E-state index in [-0.39, 0.29) is 37.2 Å². The Morgan fingerprint density at radius 2 is 0.509 bits per heavy atom. The zero-order valence-corrected chi connectivity index (χ0v) is 72.1. The third-order valence-electron chi connectivity index (χ3n) is 22.8. The molecule has 0 aromatic heterocycles. The second-order valence-electron chi connectivity index (χ2n) is 33.1. The summed E-state index contributed by atoms with van der Waals surface area (Å²) in [7, 11) is 0. The van der Waals surface area contributed by atoms with E-state index >= 15 is 0 Å². The molecule has 3 aromatic rings. The van der Waals surface area contributed by atoms with Gasteiger partial charge in [-0.3, -0.25) is 0 Å². The van der Waals surface area contributed by atoms with Gasteiger partial charge in [0.15, 0.2) is 29.3 Å². The fourth-order valence-corrected chi connectivity index (χ4v) is 15.8. The molecule has 0 atom stereocenters. The Hall–Kier alpha value is -4.68. The molecule has 632 valence electrons. The van der Waals surface area contributed by atoms with Crippen LogP contribution in [0.4, 0.5) is 0 Å². The minimum atomic E-state index is -1.11. The van der Waals surface area contributed by atoms with Crippen molar-refractivity contribution in [3.63, 3.8) is 0 Å². The highest BCUT2D eigenvalue weighted by Crippen LogP contribution is 2.51. The van der Waals surface area contributed by atoms with Gasteiger partial charge >= 0.3 is 11.9 Å². The van der Waals surface area contributed by atoms with Crippen molar-refractivity contribution >= 4 is 11.9 Å². The van der Waals surface area contributed by atoms with E-state index in [0.29, 0.717) is 85.3 Å². The third kappa shape index (κ3) is 44.8. The van der Waals surface area contributed by atoms with Crippen LogP contribution in [-0.2, 0) is 22.3 Å². The molecule has 1 aliphatic rings. The maximum Gasteiger partial charge on any atom is 0.336 e. The smallest absolute Gasteiger partial charge is 0.336 e. The van der Waals surface area contributed by atoms with E-state index in [1.165, 1.54) is 270 Å². The molecule has 12 nitrogen and oxygen atoms in total. The Morgan fingerprint density at radius 3 is 0.736 bits per heavy atom. The van der Waals surface area contributed by atoms with Crippen LogP contribution in [0.3, 0.4) is 0 Å². The van der Waals surface area contributed by atoms with E-state index in [4.69, 9.17) is 37.9 Å². The lowest BCUT2D eigenvalue weighted by atomic mass is 9.75. The highest BCUT2D eigenvalue weighted by atomic mass is 16.7. The molecule has 1 heterocycles. The molecule has 0 amide bonds. The Kier molecular flexibility index (Phi) is 60.1. The van der Waals surface area contributed by atoms with E-state index in [1.54, 1.807) is 12.1 Å². The van der Waals surface area contributed by atoms with Gasteiger partial charge in [0, 0.05) is 22.1 Å². The molecule has 0 spiro atoms. The molecular weight excluding hydrogens is 1370 g/mol. The second-order valence-corrected chi connectivity index (χ2v) is 33.1. The van der Waals surface area contributed by atoms with Crippen molar-refractivity contribution in [1.29, 1.82) is 0 Å². The van der Waals surface area contributed by atoms with Crippen LogP contribution in [0.5, 0.6) is 34.5 Å². The fourth-order valence-electron chi connectivity index (χ4n) is 15.8. The van der Waals surface area contributed by atoms with Gasteiger partial charge in [-0.05, 0) is 63.5 Å². The summed E-state index contributed by atoms with van der Waals surface area (Å²) >= 11 is 0.